The van der Waals surface area contributed by atoms with Crippen molar-refractivity contribution in [1.29, 1.82) is 0 Å². The molecule has 4 nitrogen and oxygen atoms in total. The first-order valence-corrected chi connectivity index (χ1v) is 7.09. The lowest BCUT2D eigenvalue weighted by atomic mass is 10.1. The van der Waals surface area contributed by atoms with E-state index in [1.54, 1.807) is 24.9 Å². The van der Waals surface area contributed by atoms with Gasteiger partial charge in [-0.3, -0.25) is 0 Å². The van der Waals surface area contributed by atoms with Crippen LogP contribution in [0.3, 0.4) is 0 Å². The van der Waals surface area contributed by atoms with Crippen LogP contribution in [0.5, 0.6) is 5.75 Å². The summed E-state index contributed by atoms with van der Waals surface area (Å²) in [5, 5.41) is 17.4. The van der Waals surface area contributed by atoms with Crippen LogP contribution in [0.25, 0.3) is 6.08 Å². The summed E-state index contributed by atoms with van der Waals surface area (Å²) in [5.41, 5.74) is 1.90. The summed E-state index contributed by atoms with van der Waals surface area (Å²) in [6.07, 6.45) is 3.47. The molecule has 0 amide bonds. The Morgan fingerprint density at radius 2 is 2.26 bits per heavy atom. The molecule has 0 aliphatic rings. The SMILES string of the molecule is COc1ccc(C=CC(=O)O)c(CSCCCO)c1. The van der Waals surface area contributed by atoms with Gasteiger partial charge >= 0.3 is 5.97 Å². The summed E-state index contributed by atoms with van der Waals surface area (Å²) in [7, 11) is 1.60. The number of carboxylic acid groups (broad SMARTS) is 1. The molecule has 0 unspecified atom stereocenters. The number of hydrogen-bond acceptors (Lipinski definition) is 4. The zero-order valence-corrected chi connectivity index (χ0v) is 11.7. The molecule has 104 valence electrons. The first-order chi connectivity index (χ1) is 9.17. The predicted octanol–water partition coefficient (Wildman–Crippen LogP) is 2.41. The number of rotatable bonds is 8. The van der Waals surface area contributed by atoms with Crippen molar-refractivity contribution in [3.63, 3.8) is 0 Å². The van der Waals surface area contributed by atoms with Crippen molar-refractivity contribution in [2.45, 2.75) is 12.2 Å². The molecule has 1 aromatic carbocycles. The Morgan fingerprint density at radius 3 is 2.89 bits per heavy atom. The zero-order chi connectivity index (χ0) is 14.1. The van der Waals surface area contributed by atoms with Crippen LogP contribution in [0.2, 0.25) is 0 Å². The third-order valence-corrected chi connectivity index (χ3v) is 3.55. The maximum atomic E-state index is 10.6. The second-order valence-electron chi connectivity index (χ2n) is 3.87. The van der Waals surface area contributed by atoms with Crippen LogP contribution in [0.15, 0.2) is 24.3 Å². The van der Waals surface area contributed by atoms with Crippen LogP contribution < -0.4 is 4.74 Å². The van der Waals surface area contributed by atoms with E-state index >= 15 is 0 Å². The molecule has 0 heterocycles. The lowest BCUT2D eigenvalue weighted by Crippen LogP contribution is -1.93. The first kappa shape index (κ1) is 15.6. The van der Waals surface area contributed by atoms with Crippen molar-refractivity contribution in [3.8, 4) is 5.75 Å². The molecule has 0 aromatic heterocycles. The van der Waals surface area contributed by atoms with E-state index in [1.807, 2.05) is 18.2 Å². The molecule has 1 rings (SSSR count). The van der Waals surface area contributed by atoms with Gasteiger partial charge in [-0.25, -0.2) is 4.79 Å². The van der Waals surface area contributed by atoms with E-state index in [2.05, 4.69) is 0 Å². The molecule has 0 atom stereocenters. The maximum absolute atomic E-state index is 10.6. The third kappa shape index (κ3) is 5.81. The maximum Gasteiger partial charge on any atom is 0.328 e. The molecular formula is C14H18O4S. The topological polar surface area (TPSA) is 66.8 Å². The van der Waals surface area contributed by atoms with Crippen molar-refractivity contribution in [2.75, 3.05) is 19.5 Å². The number of methoxy groups -OCH3 is 1. The number of carbonyl (C=O) groups is 1. The van der Waals surface area contributed by atoms with Gasteiger partial charge < -0.3 is 14.9 Å². The highest BCUT2D eigenvalue weighted by molar-refractivity contribution is 7.98. The summed E-state index contributed by atoms with van der Waals surface area (Å²) >= 11 is 1.70. The fourth-order valence-corrected chi connectivity index (χ4v) is 2.45. The quantitative estimate of drug-likeness (QED) is 0.566. The second kappa shape index (κ2) is 8.61. The van der Waals surface area contributed by atoms with Crippen molar-refractivity contribution in [2.24, 2.45) is 0 Å². The normalized spacial score (nSPS) is 10.8. The Labute approximate surface area is 117 Å². The van der Waals surface area contributed by atoms with Crippen LogP contribution >= 0.6 is 11.8 Å². The molecule has 2 N–H and O–H groups in total. The molecule has 0 fully saturated rings. The molecule has 5 heteroatoms. The Hall–Kier alpha value is -1.46. The predicted molar refractivity (Wildman–Crippen MR) is 77.5 cm³/mol. The van der Waals surface area contributed by atoms with Crippen LogP contribution in [-0.4, -0.2) is 35.7 Å². The lowest BCUT2D eigenvalue weighted by molar-refractivity contribution is -0.131. The molecule has 0 radical (unpaired) electrons. The number of aliphatic hydroxyl groups excluding tert-OH is 1. The van der Waals surface area contributed by atoms with Gasteiger partial charge in [0.2, 0.25) is 0 Å². The molecular weight excluding hydrogens is 264 g/mol. The smallest absolute Gasteiger partial charge is 0.328 e. The standard InChI is InChI=1S/C14H18O4S/c1-18-13-5-3-11(4-6-14(16)17)12(9-13)10-19-8-2-7-15/h3-6,9,15H,2,7-8,10H2,1H3,(H,16,17). The number of carboxylic acids is 1. The molecule has 0 saturated heterocycles. The van der Waals surface area contributed by atoms with Gasteiger partial charge in [0.15, 0.2) is 0 Å². The number of ether oxygens (including phenoxy) is 1. The summed E-state index contributed by atoms with van der Waals surface area (Å²) in [6.45, 7) is 0.191. The van der Waals surface area contributed by atoms with Crippen molar-refractivity contribution in [3.05, 3.63) is 35.4 Å². The van der Waals surface area contributed by atoms with Crippen molar-refractivity contribution >= 4 is 23.8 Å². The van der Waals surface area contributed by atoms with E-state index in [4.69, 9.17) is 14.9 Å². The number of aliphatic hydroxyl groups is 1. The van der Waals surface area contributed by atoms with Gasteiger partial charge in [0.1, 0.15) is 5.75 Å². The molecule has 0 spiro atoms. The van der Waals surface area contributed by atoms with E-state index in [0.717, 1.165) is 40.9 Å². The molecule has 19 heavy (non-hydrogen) atoms. The van der Waals surface area contributed by atoms with E-state index < -0.39 is 5.97 Å². The van der Waals surface area contributed by atoms with E-state index in [-0.39, 0.29) is 6.61 Å². The minimum Gasteiger partial charge on any atom is -0.497 e. The summed E-state index contributed by atoms with van der Waals surface area (Å²) in [6, 6.07) is 5.57. The Morgan fingerprint density at radius 1 is 1.47 bits per heavy atom. The molecule has 1 aromatic rings. The van der Waals surface area contributed by atoms with E-state index in [1.165, 1.54) is 0 Å². The average molecular weight is 282 g/mol. The van der Waals surface area contributed by atoms with Gasteiger partial charge in [-0.2, -0.15) is 11.8 Å². The Bertz CT molecular complexity index is 443. The van der Waals surface area contributed by atoms with Crippen LogP contribution in [0.4, 0.5) is 0 Å². The summed E-state index contributed by atoms with van der Waals surface area (Å²) in [4.78, 5) is 10.6. The lowest BCUT2D eigenvalue weighted by Gasteiger charge is -2.08. The minimum absolute atomic E-state index is 0.191. The monoisotopic (exact) mass is 282 g/mol. The summed E-state index contributed by atoms with van der Waals surface area (Å²) in [5.74, 6) is 1.42. The van der Waals surface area contributed by atoms with Gasteiger partial charge in [-0.05, 0) is 41.5 Å². The molecule has 0 bridgehead atoms. The fourth-order valence-electron chi connectivity index (χ4n) is 1.51. The zero-order valence-electron chi connectivity index (χ0n) is 10.8. The highest BCUT2D eigenvalue weighted by Gasteiger charge is 2.03. The first-order valence-electron chi connectivity index (χ1n) is 5.94. The van der Waals surface area contributed by atoms with Crippen LogP contribution in [-0.2, 0) is 10.5 Å². The number of aliphatic carboxylic acids is 1. The number of thioether (sulfide) groups is 1. The van der Waals surface area contributed by atoms with Crippen molar-refractivity contribution < 1.29 is 19.7 Å². The Balaban J connectivity index is 2.80. The van der Waals surface area contributed by atoms with E-state index in [0.29, 0.717) is 0 Å². The van der Waals surface area contributed by atoms with Gasteiger partial charge in [-0.1, -0.05) is 6.07 Å². The average Bonchev–Trinajstić information content (AvgIpc) is 2.41. The summed E-state index contributed by atoms with van der Waals surface area (Å²) < 4.78 is 5.17. The molecule has 0 aliphatic carbocycles. The third-order valence-electron chi connectivity index (χ3n) is 2.46. The highest BCUT2D eigenvalue weighted by Crippen LogP contribution is 2.23. The van der Waals surface area contributed by atoms with Crippen LogP contribution in [0.1, 0.15) is 17.5 Å². The minimum atomic E-state index is -0.963. The number of hydrogen-bond donors (Lipinski definition) is 2. The van der Waals surface area contributed by atoms with Crippen LogP contribution in [0, 0.1) is 0 Å². The number of benzene rings is 1. The fraction of sp³-hybridized carbons (Fsp3) is 0.357. The molecule has 0 saturated carbocycles. The van der Waals surface area contributed by atoms with Gasteiger partial charge in [-0.15, -0.1) is 0 Å². The van der Waals surface area contributed by atoms with Gasteiger partial charge in [0.25, 0.3) is 0 Å². The van der Waals surface area contributed by atoms with E-state index in [9.17, 15) is 4.79 Å². The highest BCUT2D eigenvalue weighted by atomic mass is 32.2. The largest absolute Gasteiger partial charge is 0.497 e. The van der Waals surface area contributed by atoms with Gasteiger partial charge in [0, 0.05) is 18.4 Å². The Kier molecular flexibility index (Phi) is 7.07. The second-order valence-corrected chi connectivity index (χ2v) is 4.97. The van der Waals surface area contributed by atoms with Crippen molar-refractivity contribution in [1.82, 2.24) is 0 Å². The van der Waals surface area contributed by atoms with Gasteiger partial charge in [0.05, 0.1) is 7.11 Å². The molecule has 0 aliphatic heterocycles.